The van der Waals surface area contributed by atoms with Crippen LogP contribution in [0.5, 0.6) is 5.75 Å². The maximum atomic E-state index is 14.1. The van der Waals surface area contributed by atoms with Crippen molar-refractivity contribution in [2.24, 2.45) is 5.92 Å². The van der Waals surface area contributed by atoms with Crippen molar-refractivity contribution in [1.82, 2.24) is 9.47 Å². The number of rotatable bonds is 5. The van der Waals surface area contributed by atoms with Crippen LogP contribution in [0, 0.1) is 5.92 Å². The lowest BCUT2D eigenvalue weighted by Crippen LogP contribution is -2.43. The van der Waals surface area contributed by atoms with Gasteiger partial charge in [0.1, 0.15) is 17.5 Å². The van der Waals surface area contributed by atoms with Gasteiger partial charge >= 0.3 is 4.87 Å². The fraction of sp³-hybridized carbons (Fsp3) is 0.419. The highest BCUT2D eigenvalue weighted by molar-refractivity contribution is 8.00. The van der Waals surface area contributed by atoms with Crippen LogP contribution in [0.1, 0.15) is 42.7 Å². The number of methoxy groups -OCH3 is 1. The second-order valence-electron chi connectivity index (χ2n) is 11.7. The van der Waals surface area contributed by atoms with E-state index in [0.717, 1.165) is 27.3 Å². The van der Waals surface area contributed by atoms with Crippen molar-refractivity contribution in [1.29, 1.82) is 0 Å². The molecule has 3 unspecified atom stereocenters. The Hall–Kier alpha value is -3.41. The summed E-state index contributed by atoms with van der Waals surface area (Å²) >= 11 is 2.29. The van der Waals surface area contributed by atoms with Gasteiger partial charge in [-0.15, -0.1) is 0 Å². The number of aromatic nitrogens is 1. The number of ether oxygens (including phenoxy) is 2. The highest BCUT2D eigenvalue weighted by Gasteiger charge is 2.56. The Balaban J connectivity index is 1.43. The molecule has 9 nitrogen and oxygen atoms in total. The van der Waals surface area contributed by atoms with Crippen LogP contribution in [-0.2, 0) is 31.1 Å². The smallest absolute Gasteiger partial charge is 0.308 e. The number of carbonyl (C=O) groups excluding carboxylic acids is 3. The van der Waals surface area contributed by atoms with Gasteiger partial charge < -0.3 is 14.4 Å². The molecule has 0 spiro atoms. The first kappa shape index (κ1) is 28.7. The topological polar surface area (TPSA) is 98.2 Å². The van der Waals surface area contributed by atoms with Crippen molar-refractivity contribution >= 4 is 46.5 Å². The molecule has 11 heteroatoms. The Bertz CT molecular complexity index is 1580. The summed E-state index contributed by atoms with van der Waals surface area (Å²) < 4.78 is 12.1. The van der Waals surface area contributed by atoms with E-state index >= 15 is 0 Å². The molecule has 3 aliphatic rings. The molecule has 0 aliphatic carbocycles. The molecule has 3 amide bonds. The normalized spacial score (nSPS) is 22.2. The van der Waals surface area contributed by atoms with Gasteiger partial charge in [-0.05, 0) is 40.8 Å². The maximum absolute atomic E-state index is 14.1. The number of carbonyl (C=O) groups is 3. The molecule has 6 rings (SSSR count). The molecule has 0 saturated carbocycles. The molecule has 0 radical (unpaired) electrons. The summed E-state index contributed by atoms with van der Waals surface area (Å²) in [6.07, 6.45) is 0. The number of benzene rings is 2. The second-order valence-corrected chi connectivity index (χ2v) is 13.9. The first-order valence-corrected chi connectivity index (χ1v) is 15.7. The lowest BCUT2D eigenvalue weighted by Gasteiger charge is -2.31. The number of anilines is 1. The molecule has 2 fully saturated rings. The maximum Gasteiger partial charge on any atom is 0.308 e. The van der Waals surface area contributed by atoms with Gasteiger partial charge in [-0.2, -0.15) is 0 Å². The van der Waals surface area contributed by atoms with Crippen LogP contribution < -0.4 is 14.5 Å². The van der Waals surface area contributed by atoms with Crippen molar-refractivity contribution in [2.45, 2.75) is 48.9 Å². The number of thioether (sulfide) groups is 1. The Morgan fingerprint density at radius 2 is 1.64 bits per heavy atom. The molecule has 3 aliphatic heterocycles. The molecule has 1 aromatic heterocycles. The molecule has 0 N–H and O–H groups in total. The van der Waals surface area contributed by atoms with Crippen molar-refractivity contribution in [3.8, 4) is 5.75 Å². The van der Waals surface area contributed by atoms with Crippen LogP contribution in [0.2, 0.25) is 0 Å². The number of thiazole rings is 1. The van der Waals surface area contributed by atoms with Crippen LogP contribution >= 0.6 is 23.1 Å². The third-order valence-corrected chi connectivity index (χ3v) is 10.8. The van der Waals surface area contributed by atoms with Crippen LogP contribution in [-0.4, -0.2) is 65.9 Å². The molecule has 2 saturated heterocycles. The number of amides is 3. The zero-order valence-electron chi connectivity index (χ0n) is 24.0. The standard InChI is InChI=1S/C31H33N3O6S2/c1-31(2,3)19-7-5-18(6-8-19)23-24-25(28(37)34(27(24)36)20-9-11-21(39-4)12-10-20)41-29-26(23)42-30(38)33(29)17-22(35)32-13-15-40-16-14-32/h5-12,23-25H,13-17H2,1-4H3. The van der Waals surface area contributed by atoms with E-state index in [0.29, 0.717) is 42.8 Å². The highest BCUT2D eigenvalue weighted by atomic mass is 32.2. The van der Waals surface area contributed by atoms with Gasteiger partial charge in [-0.25, -0.2) is 4.90 Å². The number of fused-ring (bicyclic) bond motifs is 2. The van der Waals surface area contributed by atoms with Crippen LogP contribution in [0.15, 0.2) is 58.4 Å². The Morgan fingerprint density at radius 1 is 0.976 bits per heavy atom. The first-order chi connectivity index (χ1) is 20.1. The Kier molecular flexibility index (Phi) is 7.53. The third kappa shape index (κ3) is 4.97. The Labute approximate surface area is 252 Å². The minimum absolute atomic E-state index is 0.0626. The van der Waals surface area contributed by atoms with Gasteiger partial charge in [0.2, 0.25) is 17.7 Å². The van der Waals surface area contributed by atoms with E-state index in [2.05, 4.69) is 32.9 Å². The van der Waals surface area contributed by atoms with E-state index in [1.807, 2.05) is 12.1 Å². The minimum Gasteiger partial charge on any atom is -0.497 e. The van der Waals surface area contributed by atoms with Crippen LogP contribution in [0.25, 0.3) is 0 Å². The molecule has 3 atom stereocenters. The molecule has 4 heterocycles. The van der Waals surface area contributed by atoms with E-state index in [-0.39, 0.29) is 34.6 Å². The van der Waals surface area contributed by atoms with Gasteiger partial charge in [0.05, 0.1) is 37.0 Å². The van der Waals surface area contributed by atoms with Crippen molar-refractivity contribution < 1.29 is 23.9 Å². The molecule has 42 heavy (non-hydrogen) atoms. The summed E-state index contributed by atoms with van der Waals surface area (Å²) in [4.78, 5) is 58.1. The van der Waals surface area contributed by atoms with Crippen molar-refractivity contribution in [3.05, 3.63) is 74.2 Å². The summed E-state index contributed by atoms with van der Waals surface area (Å²) in [5.41, 5.74) is 2.42. The summed E-state index contributed by atoms with van der Waals surface area (Å²) in [5, 5.41) is -0.145. The molecule has 0 bridgehead atoms. The number of hydrogen-bond acceptors (Lipinski definition) is 8. The number of hydrogen-bond donors (Lipinski definition) is 0. The fourth-order valence-electron chi connectivity index (χ4n) is 5.84. The largest absolute Gasteiger partial charge is 0.497 e. The number of morpholine rings is 1. The molecular weight excluding hydrogens is 574 g/mol. The third-order valence-electron chi connectivity index (χ3n) is 8.17. The number of imide groups is 1. The summed E-state index contributed by atoms with van der Waals surface area (Å²) in [6.45, 7) is 8.17. The van der Waals surface area contributed by atoms with Gasteiger partial charge in [0.25, 0.3) is 0 Å². The average Bonchev–Trinajstić information content (AvgIpc) is 3.43. The SMILES string of the molecule is COc1ccc(N2C(=O)C3Sc4c(sc(=O)n4CC(=O)N4CCOCC4)C(c4ccc(C(C)(C)C)cc4)C3C2=O)cc1. The number of nitrogens with zero attached hydrogens (tertiary/aromatic N) is 3. The fourth-order valence-corrected chi connectivity index (χ4v) is 8.61. The second kappa shape index (κ2) is 11.0. The van der Waals surface area contributed by atoms with Crippen LogP contribution in [0.3, 0.4) is 0 Å². The lowest BCUT2D eigenvalue weighted by atomic mass is 9.81. The molecular formula is C31H33N3O6S2. The minimum atomic E-state index is -0.738. The monoisotopic (exact) mass is 607 g/mol. The molecule has 220 valence electrons. The zero-order valence-corrected chi connectivity index (χ0v) is 25.6. The summed E-state index contributed by atoms with van der Waals surface area (Å²) in [7, 11) is 1.56. The van der Waals surface area contributed by atoms with E-state index in [1.54, 1.807) is 36.3 Å². The lowest BCUT2D eigenvalue weighted by molar-refractivity contribution is -0.136. The van der Waals surface area contributed by atoms with E-state index in [4.69, 9.17) is 9.47 Å². The predicted molar refractivity (Wildman–Crippen MR) is 162 cm³/mol. The summed E-state index contributed by atoms with van der Waals surface area (Å²) in [5.74, 6) is -1.36. The van der Waals surface area contributed by atoms with E-state index in [9.17, 15) is 19.2 Å². The van der Waals surface area contributed by atoms with Gasteiger partial charge in [0, 0.05) is 23.9 Å². The van der Waals surface area contributed by atoms with Crippen LogP contribution in [0.4, 0.5) is 5.69 Å². The van der Waals surface area contributed by atoms with Crippen molar-refractivity contribution in [2.75, 3.05) is 38.3 Å². The van der Waals surface area contributed by atoms with Crippen molar-refractivity contribution in [3.63, 3.8) is 0 Å². The van der Waals surface area contributed by atoms with E-state index < -0.39 is 17.1 Å². The van der Waals surface area contributed by atoms with Gasteiger partial charge in [0.15, 0.2) is 0 Å². The predicted octanol–water partition coefficient (Wildman–Crippen LogP) is 3.87. The Morgan fingerprint density at radius 3 is 2.26 bits per heavy atom. The summed E-state index contributed by atoms with van der Waals surface area (Å²) in [6, 6.07) is 15.0. The molecule has 2 aromatic carbocycles. The highest BCUT2D eigenvalue weighted by Crippen LogP contribution is 2.54. The average molecular weight is 608 g/mol. The zero-order chi connectivity index (χ0) is 29.8. The quantitative estimate of drug-likeness (QED) is 0.406. The molecule has 3 aromatic rings. The van der Waals surface area contributed by atoms with Gasteiger partial charge in [-0.3, -0.25) is 23.7 Å². The van der Waals surface area contributed by atoms with Gasteiger partial charge in [-0.1, -0.05) is 68.1 Å². The van der Waals surface area contributed by atoms with E-state index in [1.165, 1.54) is 21.2 Å². The first-order valence-electron chi connectivity index (χ1n) is 14.0.